The van der Waals surface area contributed by atoms with E-state index in [1.807, 2.05) is 6.26 Å². The van der Waals surface area contributed by atoms with E-state index in [1.54, 1.807) is 12.1 Å². The zero-order valence-corrected chi connectivity index (χ0v) is 16.1. The molecule has 1 aromatic heterocycles. The molecule has 134 valence electrons. The first-order valence-electron chi connectivity index (χ1n) is 7.75. The zero-order chi connectivity index (χ0) is 17.9. The van der Waals surface area contributed by atoms with E-state index >= 15 is 0 Å². The second-order valence-corrected chi connectivity index (χ2v) is 9.46. The third-order valence-electron chi connectivity index (χ3n) is 3.86. The van der Waals surface area contributed by atoms with Crippen LogP contribution in [-0.2, 0) is 10.0 Å². The monoisotopic (exact) mass is 398 g/mol. The largest absolute Gasteiger partial charge is 0.353 e. The van der Waals surface area contributed by atoms with Crippen LogP contribution in [0.5, 0.6) is 0 Å². The number of nitrogens with zero attached hydrogens (tertiary/aromatic N) is 3. The van der Waals surface area contributed by atoms with Crippen molar-refractivity contribution >= 4 is 44.0 Å². The fourth-order valence-corrected chi connectivity index (χ4v) is 5.19. The van der Waals surface area contributed by atoms with Crippen molar-refractivity contribution in [3.05, 3.63) is 29.8 Å². The van der Waals surface area contributed by atoms with Crippen molar-refractivity contribution in [3.8, 4) is 0 Å². The van der Waals surface area contributed by atoms with E-state index < -0.39 is 10.0 Å². The molecule has 0 bridgehead atoms. The fourth-order valence-electron chi connectivity index (χ4n) is 2.51. The number of aromatic nitrogens is 2. The van der Waals surface area contributed by atoms with Gasteiger partial charge in [0.25, 0.3) is 0 Å². The molecule has 3 rings (SSSR count). The molecule has 10 heteroatoms. The van der Waals surface area contributed by atoms with Crippen molar-refractivity contribution in [3.63, 3.8) is 0 Å². The van der Waals surface area contributed by atoms with Crippen molar-refractivity contribution < 1.29 is 13.2 Å². The molecule has 0 aliphatic carbocycles. The summed E-state index contributed by atoms with van der Waals surface area (Å²) in [5, 5.41) is 11.4. The lowest BCUT2D eigenvalue weighted by atomic mass is 10.1. The average Bonchev–Trinajstić information content (AvgIpc) is 3.31. The molecule has 1 fully saturated rings. The first-order valence-corrected chi connectivity index (χ1v) is 11.2. The summed E-state index contributed by atoms with van der Waals surface area (Å²) < 4.78 is 27.3. The molecule has 0 radical (unpaired) electrons. The highest BCUT2D eigenvalue weighted by Gasteiger charge is 2.27. The topological polar surface area (TPSA) is 92.3 Å². The van der Waals surface area contributed by atoms with Crippen LogP contribution in [0.3, 0.4) is 0 Å². The summed E-state index contributed by atoms with van der Waals surface area (Å²) in [7, 11) is -3.45. The molecule has 25 heavy (non-hydrogen) atoms. The molecule has 0 unspecified atom stereocenters. The minimum absolute atomic E-state index is 0.0846. The second kappa shape index (κ2) is 7.81. The number of nitrogens with one attached hydrogen (secondary N) is 1. The van der Waals surface area contributed by atoms with E-state index in [2.05, 4.69) is 15.5 Å². The Hall–Kier alpha value is -1.49. The molecule has 1 aliphatic rings. The van der Waals surface area contributed by atoms with Gasteiger partial charge in [0.2, 0.25) is 15.2 Å². The number of anilines is 1. The number of hydrogen-bond donors (Lipinski definition) is 1. The number of ketones is 1. The number of carbonyl (C=O) groups excluding carboxylic acids is 1. The molecule has 0 spiro atoms. The number of sulfonamides is 1. The Morgan fingerprint density at radius 2 is 1.92 bits per heavy atom. The van der Waals surface area contributed by atoms with Crippen molar-refractivity contribution in [1.29, 1.82) is 0 Å². The van der Waals surface area contributed by atoms with Gasteiger partial charge in [-0.1, -0.05) is 23.1 Å². The summed E-state index contributed by atoms with van der Waals surface area (Å²) in [6, 6.07) is 6.11. The quantitative estimate of drug-likeness (QED) is 0.565. The summed E-state index contributed by atoms with van der Waals surface area (Å²) in [4.78, 5) is 12.5. The van der Waals surface area contributed by atoms with E-state index in [-0.39, 0.29) is 17.2 Å². The van der Waals surface area contributed by atoms with Crippen LogP contribution in [0.1, 0.15) is 23.2 Å². The van der Waals surface area contributed by atoms with Crippen LogP contribution in [0.25, 0.3) is 0 Å². The number of Topliss-reactive ketones (excluding diaryl/α,β-unsaturated/α-hetero) is 1. The molecule has 2 heterocycles. The van der Waals surface area contributed by atoms with Gasteiger partial charge in [-0.3, -0.25) is 4.79 Å². The average molecular weight is 399 g/mol. The maximum absolute atomic E-state index is 12.5. The molecule has 1 aliphatic heterocycles. The van der Waals surface area contributed by atoms with E-state index in [4.69, 9.17) is 0 Å². The van der Waals surface area contributed by atoms with Crippen LogP contribution in [-0.4, -0.2) is 54.6 Å². The van der Waals surface area contributed by atoms with Gasteiger partial charge in [0.1, 0.15) is 0 Å². The number of hydrogen-bond acceptors (Lipinski definition) is 8. The van der Waals surface area contributed by atoms with Gasteiger partial charge in [-0.05, 0) is 43.4 Å². The lowest BCUT2D eigenvalue weighted by molar-refractivity contribution is 0.101. The normalized spacial score (nSPS) is 15.4. The SMILES string of the molecule is CSc1nnc(NCC(=O)c2ccc(S(=O)(=O)N3CCCC3)cc2)s1. The van der Waals surface area contributed by atoms with Gasteiger partial charge >= 0.3 is 0 Å². The minimum Gasteiger partial charge on any atom is -0.353 e. The van der Waals surface area contributed by atoms with E-state index in [1.165, 1.54) is 39.5 Å². The predicted molar refractivity (Wildman–Crippen MR) is 98.9 cm³/mol. The van der Waals surface area contributed by atoms with Crippen molar-refractivity contribution in [2.45, 2.75) is 22.1 Å². The number of rotatable bonds is 7. The number of thioether (sulfide) groups is 1. The summed E-state index contributed by atoms with van der Waals surface area (Å²) in [6.45, 7) is 1.21. The van der Waals surface area contributed by atoms with Crippen molar-refractivity contribution in [1.82, 2.24) is 14.5 Å². The molecule has 1 N–H and O–H groups in total. The Bertz CT molecular complexity index is 843. The van der Waals surface area contributed by atoms with Crippen LogP contribution >= 0.6 is 23.1 Å². The number of benzene rings is 1. The minimum atomic E-state index is -3.45. The van der Waals surface area contributed by atoms with Crippen LogP contribution < -0.4 is 5.32 Å². The van der Waals surface area contributed by atoms with Crippen LogP contribution in [0, 0.1) is 0 Å². The Morgan fingerprint density at radius 1 is 1.24 bits per heavy atom. The second-order valence-electron chi connectivity index (χ2n) is 5.49. The van der Waals surface area contributed by atoms with Gasteiger partial charge in [0.15, 0.2) is 10.1 Å². The van der Waals surface area contributed by atoms with E-state index in [0.717, 1.165) is 17.2 Å². The zero-order valence-electron chi connectivity index (χ0n) is 13.6. The maximum atomic E-state index is 12.5. The first-order chi connectivity index (χ1) is 12.0. The van der Waals surface area contributed by atoms with Gasteiger partial charge < -0.3 is 5.32 Å². The van der Waals surface area contributed by atoms with Gasteiger partial charge in [-0.2, -0.15) is 4.31 Å². The first kappa shape index (κ1) is 18.3. The molecule has 0 saturated carbocycles. The van der Waals surface area contributed by atoms with Crippen molar-refractivity contribution in [2.75, 3.05) is 31.2 Å². The lowest BCUT2D eigenvalue weighted by Gasteiger charge is -2.15. The number of carbonyl (C=O) groups is 1. The smallest absolute Gasteiger partial charge is 0.243 e. The molecule has 7 nitrogen and oxygen atoms in total. The fraction of sp³-hybridized carbons (Fsp3) is 0.400. The third-order valence-corrected chi connectivity index (χ3v) is 7.63. The highest BCUT2D eigenvalue weighted by molar-refractivity contribution is 8.00. The Morgan fingerprint density at radius 3 is 2.52 bits per heavy atom. The Kier molecular flexibility index (Phi) is 5.72. The molecular weight excluding hydrogens is 380 g/mol. The van der Waals surface area contributed by atoms with Crippen LogP contribution in [0.15, 0.2) is 33.5 Å². The summed E-state index contributed by atoms with van der Waals surface area (Å²) >= 11 is 2.88. The molecule has 1 saturated heterocycles. The van der Waals surface area contributed by atoms with Gasteiger partial charge in [0.05, 0.1) is 11.4 Å². The third kappa shape index (κ3) is 4.20. The van der Waals surface area contributed by atoms with E-state index in [9.17, 15) is 13.2 Å². The summed E-state index contributed by atoms with van der Waals surface area (Å²) in [6.07, 6.45) is 3.70. The van der Waals surface area contributed by atoms with Crippen molar-refractivity contribution in [2.24, 2.45) is 0 Å². The highest BCUT2D eigenvalue weighted by Crippen LogP contribution is 2.23. The highest BCUT2D eigenvalue weighted by atomic mass is 32.2. The van der Waals surface area contributed by atoms with Crippen LogP contribution in [0.4, 0.5) is 5.13 Å². The molecule has 0 atom stereocenters. The predicted octanol–water partition coefficient (Wildman–Crippen LogP) is 2.34. The van der Waals surface area contributed by atoms with Crippen LogP contribution in [0.2, 0.25) is 0 Å². The van der Waals surface area contributed by atoms with Gasteiger partial charge in [-0.15, -0.1) is 10.2 Å². The maximum Gasteiger partial charge on any atom is 0.243 e. The molecule has 1 aromatic carbocycles. The Labute approximate surface area is 154 Å². The van der Waals surface area contributed by atoms with E-state index in [0.29, 0.717) is 23.8 Å². The molecular formula is C15H18N4O3S3. The van der Waals surface area contributed by atoms with Gasteiger partial charge in [0, 0.05) is 18.7 Å². The standard InChI is InChI=1S/C15H18N4O3S3/c1-23-15-18-17-14(24-15)16-10-13(20)11-4-6-12(7-5-11)25(21,22)19-8-2-3-9-19/h4-7H,2-3,8-10H2,1H3,(H,16,17). The molecule has 0 amide bonds. The summed E-state index contributed by atoms with van der Waals surface area (Å²) in [5.74, 6) is -0.133. The Balaban J connectivity index is 1.64. The molecule has 2 aromatic rings. The summed E-state index contributed by atoms with van der Waals surface area (Å²) in [5.41, 5.74) is 0.461. The lowest BCUT2D eigenvalue weighted by Crippen LogP contribution is -2.27. The van der Waals surface area contributed by atoms with Gasteiger partial charge in [-0.25, -0.2) is 8.42 Å².